The van der Waals surface area contributed by atoms with Crippen molar-refractivity contribution in [3.8, 4) is 0 Å². The third kappa shape index (κ3) is 4.42. The zero-order valence-electron chi connectivity index (χ0n) is 12.3. The second-order valence-electron chi connectivity index (χ2n) is 5.05. The Bertz CT molecular complexity index is 512. The molecule has 0 aliphatic heterocycles. The van der Waals surface area contributed by atoms with Gasteiger partial charge in [0.25, 0.3) is 0 Å². The molecule has 0 aliphatic rings. The standard InChI is InChI=1S/C13H19N3O4/c1-9(16-7-6-14-8-16)10(11(17)19-5)15-12(18)20-13(2,3)4/h6-8H,1-5H3,(H,15,18)/b10-9+. The molecule has 1 N–H and O–H groups in total. The number of hydrogen-bond donors (Lipinski definition) is 1. The quantitative estimate of drug-likeness (QED) is 0.674. The van der Waals surface area contributed by atoms with Crippen LogP contribution in [0.1, 0.15) is 27.7 Å². The molecule has 1 aromatic heterocycles. The number of carbonyl (C=O) groups is 2. The highest BCUT2D eigenvalue weighted by atomic mass is 16.6. The topological polar surface area (TPSA) is 82.5 Å². The van der Waals surface area contributed by atoms with Crippen molar-refractivity contribution in [1.29, 1.82) is 0 Å². The van der Waals surface area contributed by atoms with Crippen molar-refractivity contribution >= 4 is 17.8 Å². The first-order valence-corrected chi connectivity index (χ1v) is 6.02. The predicted molar refractivity (Wildman–Crippen MR) is 72.5 cm³/mol. The van der Waals surface area contributed by atoms with Crippen LogP contribution in [0.25, 0.3) is 5.70 Å². The summed E-state index contributed by atoms with van der Waals surface area (Å²) >= 11 is 0. The number of nitrogens with zero attached hydrogens (tertiary/aromatic N) is 2. The van der Waals surface area contributed by atoms with Crippen molar-refractivity contribution in [2.75, 3.05) is 7.11 Å². The molecular formula is C13H19N3O4. The Morgan fingerprint density at radius 2 is 1.95 bits per heavy atom. The summed E-state index contributed by atoms with van der Waals surface area (Å²) in [5.74, 6) is -0.665. The molecule has 0 aliphatic carbocycles. The van der Waals surface area contributed by atoms with E-state index < -0.39 is 17.7 Å². The molecule has 0 aromatic carbocycles. The van der Waals surface area contributed by atoms with E-state index in [-0.39, 0.29) is 5.70 Å². The molecule has 7 nitrogen and oxygen atoms in total. The van der Waals surface area contributed by atoms with Crippen LogP contribution in [0, 0.1) is 0 Å². The zero-order valence-corrected chi connectivity index (χ0v) is 12.3. The van der Waals surface area contributed by atoms with Crippen LogP contribution in [0.3, 0.4) is 0 Å². The fraction of sp³-hybridized carbons (Fsp3) is 0.462. The number of alkyl carbamates (subject to hydrolysis) is 1. The summed E-state index contributed by atoms with van der Waals surface area (Å²) in [7, 11) is 1.24. The van der Waals surface area contributed by atoms with Crippen molar-refractivity contribution in [2.45, 2.75) is 33.3 Å². The van der Waals surface area contributed by atoms with Gasteiger partial charge in [-0.2, -0.15) is 0 Å². The number of imidazole rings is 1. The van der Waals surface area contributed by atoms with Gasteiger partial charge in [0.2, 0.25) is 0 Å². The van der Waals surface area contributed by atoms with Gasteiger partial charge in [-0.1, -0.05) is 0 Å². The van der Waals surface area contributed by atoms with E-state index in [2.05, 4.69) is 15.0 Å². The average Bonchev–Trinajstić information content (AvgIpc) is 2.85. The van der Waals surface area contributed by atoms with Gasteiger partial charge in [-0.25, -0.2) is 14.6 Å². The summed E-state index contributed by atoms with van der Waals surface area (Å²) in [5, 5.41) is 2.41. The highest BCUT2D eigenvalue weighted by molar-refractivity contribution is 5.97. The molecule has 0 spiro atoms. The number of nitrogens with one attached hydrogen (secondary N) is 1. The lowest BCUT2D eigenvalue weighted by Gasteiger charge is -2.20. The van der Waals surface area contributed by atoms with Gasteiger partial charge in [-0.05, 0) is 27.7 Å². The molecule has 7 heteroatoms. The van der Waals surface area contributed by atoms with Gasteiger partial charge in [-0.15, -0.1) is 0 Å². The monoisotopic (exact) mass is 281 g/mol. The number of hydrogen-bond acceptors (Lipinski definition) is 5. The maximum atomic E-state index is 11.8. The second kappa shape index (κ2) is 6.23. The summed E-state index contributed by atoms with van der Waals surface area (Å²) in [6.07, 6.45) is 3.99. The van der Waals surface area contributed by atoms with Crippen LogP contribution >= 0.6 is 0 Å². The average molecular weight is 281 g/mol. The third-order valence-electron chi connectivity index (χ3n) is 2.27. The van der Waals surface area contributed by atoms with Crippen LogP contribution in [0.5, 0.6) is 0 Å². The molecule has 0 atom stereocenters. The smallest absolute Gasteiger partial charge is 0.412 e. The molecule has 1 heterocycles. The largest absolute Gasteiger partial charge is 0.464 e. The molecule has 110 valence electrons. The van der Waals surface area contributed by atoms with E-state index >= 15 is 0 Å². The van der Waals surface area contributed by atoms with Crippen LogP contribution in [0.15, 0.2) is 24.4 Å². The van der Waals surface area contributed by atoms with Crippen LogP contribution in [-0.4, -0.2) is 34.3 Å². The lowest BCUT2D eigenvalue weighted by atomic mass is 10.2. The van der Waals surface area contributed by atoms with Crippen LogP contribution < -0.4 is 5.32 Å². The number of aromatic nitrogens is 2. The number of methoxy groups -OCH3 is 1. The first kappa shape index (κ1) is 15.7. The summed E-state index contributed by atoms with van der Waals surface area (Å²) < 4.78 is 11.4. The summed E-state index contributed by atoms with van der Waals surface area (Å²) in [4.78, 5) is 27.4. The molecule has 1 aromatic rings. The van der Waals surface area contributed by atoms with Gasteiger partial charge in [0.05, 0.1) is 19.1 Å². The van der Waals surface area contributed by atoms with E-state index in [4.69, 9.17) is 4.74 Å². The molecule has 0 unspecified atom stereocenters. The predicted octanol–water partition coefficient (Wildman–Crippen LogP) is 1.77. The molecule has 1 rings (SSSR count). The fourth-order valence-electron chi connectivity index (χ4n) is 1.38. The first-order valence-electron chi connectivity index (χ1n) is 6.02. The molecule has 0 fully saturated rings. The van der Waals surface area contributed by atoms with E-state index in [9.17, 15) is 9.59 Å². The lowest BCUT2D eigenvalue weighted by Crippen LogP contribution is -2.35. The van der Waals surface area contributed by atoms with E-state index in [0.717, 1.165) is 0 Å². The normalized spacial score (nSPS) is 12.4. The molecule has 1 amide bonds. The number of ether oxygens (including phenoxy) is 2. The van der Waals surface area contributed by atoms with Crippen LogP contribution in [-0.2, 0) is 14.3 Å². The molecular weight excluding hydrogens is 262 g/mol. The Kier molecular flexibility index (Phi) is 4.90. The van der Waals surface area contributed by atoms with Gasteiger partial charge in [0, 0.05) is 12.4 Å². The Morgan fingerprint density at radius 1 is 1.30 bits per heavy atom. The summed E-state index contributed by atoms with van der Waals surface area (Å²) in [6, 6.07) is 0. The number of rotatable bonds is 3. The number of allylic oxidation sites excluding steroid dienone is 1. The highest BCUT2D eigenvalue weighted by Gasteiger charge is 2.22. The van der Waals surface area contributed by atoms with Gasteiger partial charge in [0.15, 0.2) is 0 Å². The number of carbonyl (C=O) groups excluding carboxylic acids is 2. The van der Waals surface area contributed by atoms with Gasteiger partial charge in [-0.3, -0.25) is 5.32 Å². The van der Waals surface area contributed by atoms with Gasteiger partial charge >= 0.3 is 12.1 Å². The van der Waals surface area contributed by atoms with E-state index in [0.29, 0.717) is 5.70 Å². The van der Waals surface area contributed by atoms with Crippen molar-refractivity contribution in [1.82, 2.24) is 14.9 Å². The van der Waals surface area contributed by atoms with Crippen LogP contribution in [0.4, 0.5) is 4.79 Å². The van der Waals surface area contributed by atoms with Crippen molar-refractivity contribution in [2.24, 2.45) is 0 Å². The Labute approximate surface area is 117 Å². The second-order valence-corrected chi connectivity index (χ2v) is 5.05. The minimum absolute atomic E-state index is 0.000231. The Balaban J connectivity index is 3.00. The Hall–Kier alpha value is -2.31. The first-order chi connectivity index (χ1) is 9.24. The van der Waals surface area contributed by atoms with Crippen LogP contribution in [0.2, 0.25) is 0 Å². The summed E-state index contributed by atoms with van der Waals surface area (Å²) in [6.45, 7) is 6.86. The molecule has 0 saturated carbocycles. The minimum atomic E-state index is -0.725. The van der Waals surface area contributed by atoms with Crippen molar-refractivity contribution in [3.63, 3.8) is 0 Å². The highest BCUT2D eigenvalue weighted by Crippen LogP contribution is 2.12. The molecule has 0 saturated heterocycles. The SMILES string of the molecule is COC(=O)/C(NC(=O)OC(C)(C)C)=C(/C)n1ccnc1. The lowest BCUT2D eigenvalue weighted by molar-refractivity contribution is -0.136. The van der Waals surface area contributed by atoms with Gasteiger partial charge < -0.3 is 14.0 Å². The molecule has 20 heavy (non-hydrogen) atoms. The van der Waals surface area contributed by atoms with E-state index in [1.54, 1.807) is 44.7 Å². The number of amides is 1. The van der Waals surface area contributed by atoms with E-state index in [1.807, 2.05) is 0 Å². The van der Waals surface area contributed by atoms with E-state index in [1.165, 1.54) is 13.4 Å². The summed E-state index contributed by atoms with van der Waals surface area (Å²) in [5.41, 5.74) is -0.186. The fourth-order valence-corrected chi connectivity index (χ4v) is 1.38. The minimum Gasteiger partial charge on any atom is -0.464 e. The molecule has 0 bridgehead atoms. The maximum absolute atomic E-state index is 11.8. The number of esters is 1. The van der Waals surface area contributed by atoms with Crippen molar-refractivity contribution < 1.29 is 19.1 Å². The Morgan fingerprint density at radius 3 is 2.40 bits per heavy atom. The maximum Gasteiger partial charge on any atom is 0.412 e. The third-order valence-corrected chi connectivity index (χ3v) is 2.27. The zero-order chi connectivity index (χ0) is 15.3. The molecule has 0 radical (unpaired) electrons. The van der Waals surface area contributed by atoms with Gasteiger partial charge in [0.1, 0.15) is 11.3 Å². The van der Waals surface area contributed by atoms with Crippen molar-refractivity contribution in [3.05, 3.63) is 24.4 Å².